The molecule has 108 valence electrons. The number of hydrogen-bond donors (Lipinski definition) is 1. The summed E-state index contributed by atoms with van der Waals surface area (Å²) in [6.45, 7) is 3.44. The van der Waals surface area contributed by atoms with Crippen LogP contribution >= 0.6 is 11.3 Å². The van der Waals surface area contributed by atoms with E-state index in [-0.39, 0.29) is 11.4 Å². The molecule has 3 nitrogen and oxygen atoms in total. The molecule has 0 spiro atoms. The Labute approximate surface area is 122 Å². The third kappa shape index (κ3) is 3.85. The van der Waals surface area contributed by atoms with Gasteiger partial charge in [0, 0.05) is 25.2 Å². The number of ether oxygens (including phenoxy) is 1. The van der Waals surface area contributed by atoms with E-state index in [2.05, 4.69) is 17.2 Å². The maximum absolute atomic E-state index is 13.3. The molecule has 0 amide bonds. The highest BCUT2D eigenvalue weighted by Crippen LogP contribution is 2.27. The van der Waals surface area contributed by atoms with Crippen LogP contribution in [-0.2, 0) is 16.7 Å². The summed E-state index contributed by atoms with van der Waals surface area (Å²) in [4.78, 5) is 4.41. The fourth-order valence-corrected chi connectivity index (χ4v) is 2.97. The van der Waals surface area contributed by atoms with Gasteiger partial charge in [0.05, 0.1) is 12.1 Å². The Morgan fingerprint density at radius 3 is 2.95 bits per heavy atom. The monoisotopic (exact) mass is 294 g/mol. The lowest BCUT2D eigenvalue weighted by molar-refractivity contribution is 0.185. The van der Waals surface area contributed by atoms with Crippen molar-refractivity contribution in [3.8, 4) is 0 Å². The van der Waals surface area contributed by atoms with Crippen LogP contribution in [0, 0.1) is 5.82 Å². The van der Waals surface area contributed by atoms with Gasteiger partial charge in [-0.15, -0.1) is 11.3 Å². The predicted octanol–water partition coefficient (Wildman–Crippen LogP) is 2.98. The molecule has 0 saturated carbocycles. The number of benzene rings is 1. The van der Waals surface area contributed by atoms with Gasteiger partial charge >= 0.3 is 0 Å². The molecule has 20 heavy (non-hydrogen) atoms. The molecule has 0 aliphatic heterocycles. The molecule has 2 aromatic rings. The van der Waals surface area contributed by atoms with Gasteiger partial charge in [-0.3, -0.25) is 0 Å². The van der Waals surface area contributed by atoms with Crippen molar-refractivity contribution >= 4 is 11.3 Å². The molecular formula is C15H19FN2OS. The summed E-state index contributed by atoms with van der Waals surface area (Å²) in [5.41, 5.74) is 0.633. The first-order valence-electron chi connectivity index (χ1n) is 6.52. The van der Waals surface area contributed by atoms with Crippen LogP contribution in [0.1, 0.15) is 17.5 Å². The lowest BCUT2D eigenvalue weighted by Gasteiger charge is -2.29. The van der Waals surface area contributed by atoms with Gasteiger partial charge < -0.3 is 10.1 Å². The van der Waals surface area contributed by atoms with E-state index in [4.69, 9.17) is 4.74 Å². The summed E-state index contributed by atoms with van der Waals surface area (Å²) in [7, 11) is 1.68. The van der Waals surface area contributed by atoms with Gasteiger partial charge in [-0.05, 0) is 31.0 Å². The summed E-state index contributed by atoms with van der Waals surface area (Å²) in [6.07, 6.45) is 2.48. The minimum absolute atomic E-state index is 0.208. The standard InChI is InChI=1S/C15H19FN2OS/c1-15(18-6-8-19-2,14-17-7-9-20-14)11-12-4-3-5-13(16)10-12/h3-5,7,9-10,18H,6,8,11H2,1-2H3. The van der Waals surface area contributed by atoms with E-state index in [0.717, 1.165) is 17.1 Å². The summed E-state index contributed by atoms with van der Waals surface area (Å²) in [6, 6.07) is 6.71. The van der Waals surface area contributed by atoms with Gasteiger partial charge in [-0.2, -0.15) is 0 Å². The van der Waals surface area contributed by atoms with Crippen molar-refractivity contribution in [2.45, 2.75) is 18.9 Å². The second-order valence-electron chi connectivity index (χ2n) is 4.90. The average Bonchev–Trinajstić information content (AvgIpc) is 2.93. The number of nitrogens with one attached hydrogen (secondary N) is 1. The third-order valence-corrected chi connectivity index (χ3v) is 4.21. The van der Waals surface area contributed by atoms with E-state index in [1.165, 1.54) is 6.07 Å². The minimum Gasteiger partial charge on any atom is -0.383 e. The van der Waals surface area contributed by atoms with Crippen molar-refractivity contribution in [2.24, 2.45) is 0 Å². The molecule has 0 fully saturated rings. The van der Waals surface area contributed by atoms with E-state index >= 15 is 0 Å². The van der Waals surface area contributed by atoms with Crippen molar-refractivity contribution in [3.05, 3.63) is 52.2 Å². The molecule has 1 N–H and O–H groups in total. The van der Waals surface area contributed by atoms with Crippen LogP contribution in [-0.4, -0.2) is 25.2 Å². The number of halogens is 1. The highest BCUT2D eigenvalue weighted by Gasteiger charge is 2.29. The number of rotatable bonds is 7. The van der Waals surface area contributed by atoms with E-state index in [1.54, 1.807) is 36.8 Å². The molecule has 1 heterocycles. The zero-order valence-electron chi connectivity index (χ0n) is 11.7. The summed E-state index contributed by atoms with van der Waals surface area (Å²) >= 11 is 1.60. The second kappa shape index (κ2) is 6.92. The average molecular weight is 294 g/mol. The molecule has 5 heteroatoms. The zero-order chi connectivity index (χ0) is 14.4. The molecule has 1 unspecified atom stereocenters. The van der Waals surface area contributed by atoms with Crippen molar-refractivity contribution in [3.63, 3.8) is 0 Å². The van der Waals surface area contributed by atoms with E-state index in [1.807, 2.05) is 11.4 Å². The second-order valence-corrected chi connectivity index (χ2v) is 5.79. The van der Waals surface area contributed by atoms with Gasteiger partial charge in [0.25, 0.3) is 0 Å². The third-order valence-electron chi connectivity index (χ3n) is 3.17. The topological polar surface area (TPSA) is 34.1 Å². The molecule has 0 radical (unpaired) electrons. The Bertz CT molecular complexity index is 532. The van der Waals surface area contributed by atoms with Gasteiger partial charge in [0.1, 0.15) is 10.8 Å². The molecule has 1 aromatic carbocycles. The number of aromatic nitrogens is 1. The van der Waals surface area contributed by atoms with Crippen molar-refractivity contribution in [1.82, 2.24) is 10.3 Å². The zero-order valence-corrected chi connectivity index (χ0v) is 12.5. The molecular weight excluding hydrogens is 275 g/mol. The highest BCUT2D eigenvalue weighted by atomic mass is 32.1. The normalized spacial score (nSPS) is 14.2. The van der Waals surface area contributed by atoms with Crippen LogP contribution in [0.5, 0.6) is 0 Å². The molecule has 0 aliphatic rings. The molecule has 1 aromatic heterocycles. The Morgan fingerprint density at radius 1 is 1.45 bits per heavy atom. The van der Waals surface area contributed by atoms with Crippen LogP contribution in [0.25, 0.3) is 0 Å². The van der Waals surface area contributed by atoms with E-state index < -0.39 is 0 Å². The first kappa shape index (κ1) is 15.1. The Hall–Kier alpha value is -1.30. The largest absolute Gasteiger partial charge is 0.383 e. The first-order valence-corrected chi connectivity index (χ1v) is 7.40. The smallest absolute Gasteiger partial charge is 0.123 e. The van der Waals surface area contributed by atoms with Crippen LogP contribution < -0.4 is 5.32 Å². The van der Waals surface area contributed by atoms with Gasteiger partial charge in [-0.25, -0.2) is 9.37 Å². The maximum atomic E-state index is 13.3. The van der Waals surface area contributed by atoms with Crippen molar-refractivity contribution in [1.29, 1.82) is 0 Å². The van der Waals surface area contributed by atoms with E-state index in [0.29, 0.717) is 13.0 Å². The van der Waals surface area contributed by atoms with Crippen LogP contribution in [0.2, 0.25) is 0 Å². The highest BCUT2D eigenvalue weighted by molar-refractivity contribution is 7.09. The Morgan fingerprint density at radius 2 is 2.30 bits per heavy atom. The Balaban J connectivity index is 2.18. The molecule has 0 bridgehead atoms. The van der Waals surface area contributed by atoms with Gasteiger partial charge in [0.2, 0.25) is 0 Å². The number of hydrogen-bond acceptors (Lipinski definition) is 4. The predicted molar refractivity (Wildman–Crippen MR) is 79.4 cm³/mol. The van der Waals surface area contributed by atoms with Crippen molar-refractivity contribution in [2.75, 3.05) is 20.3 Å². The van der Waals surface area contributed by atoms with Gasteiger partial charge in [-0.1, -0.05) is 12.1 Å². The molecule has 2 rings (SSSR count). The summed E-state index contributed by atoms with van der Waals surface area (Å²) < 4.78 is 18.4. The number of nitrogens with zero attached hydrogens (tertiary/aromatic N) is 1. The number of methoxy groups -OCH3 is 1. The molecule has 0 saturated heterocycles. The van der Waals surface area contributed by atoms with Crippen LogP contribution in [0.15, 0.2) is 35.8 Å². The first-order chi connectivity index (χ1) is 9.64. The quantitative estimate of drug-likeness (QED) is 0.797. The SMILES string of the molecule is COCCNC(C)(Cc1cccc(F)c1)c1nccs1. The Kier molecular flexibility index (Phi) is 5.23. The molecule has 0 aliphatic carbocycles. The van der Waals surface area contributed by atoms with E-state index in [9.17, 15) is 4.39 Å². The minimum atomic E-state index is -0.319. The van der Waals surface area contributed by atoms with Crippen LogP contribution in [0.4, 0.5) is 4.39 Å². The number of thiazole rings is 1. The summed E-state index contributed by atoms with van der Waals surface area (Å²) in [5.74, 6) is -0.208. The van der Waals surface area contributed by atoms with Crippen molar-refractivity contribution < 1.29 is 9.13 Å². The maximum Gasteiger partial charge on any atom is 0.123 e. The fourth-order valence-electron chi connectivity index (χ4n) is 2.19. The lowest BCUT2D eigenvalue weighted by Crippen LogP contribution is -2.43. The lowest BCUT2D eigenvalue weighted by atomic mass is 9.93. The molecule has 1 atom stereocenters. The van der Waals surface area contributed by atoms with Crippen LogP contribution in [0.3, 0.4) is 0 Å². The summed E-state index contributed by atoms with van der Waals surface area (Å²) in [5, 5.41) is 6.42. The fraction of sp³-hybridized carbons (Fsp3) is 0.400. The van der Waals surface area contributed by atoms with Gasteiger partial charge in [0.15, 0.2) is 0 Å².